The third-order valence-corrected chi connectivity index (χ3v) is 3.32. The number of Topliss-reactive ketones (excluding diaryl/α,β-unsaturated/α-hetero) is 1. The van der Waals surface area contributed by atoms with Crippen molar-refractivity contribution in [3.8, 4) is 22.6 Å². The molecule has 0 fully saturated rings. The molecule has 3 heteroatoms. The van der Waals surface area contributed by atoms with Crippen LogP contribution in [0.15, 0.2) is 65.1 Å². The standard InChI is InChI=1S/C16H13NO.C4H8O.C3H8/c1-12-17-15(13-8-4-2-5-9-13)16(18-12)14-10-6-3-7-11-14;1-3-4(2)5;1-3-2/h2-11H,1H3;3H2,1-2H3;3H2,1-2H3. The molecule has 0 radical (unpaired) electrons. The van der Waals surface area contributed by atoms with Gasteiger partial charge in [0.25, 0.3) is 0 Å². The van der Waals surface area contributed by atoms with Crippen LogP contribution in [0.2, 0.25) is 0 Å². The van der Waals surface area contributed by atoms with E-state index in [1.54, 1.807) is 6.92 Å². The highest BCUT2D eigenvalue weighted by molar-refractivity contribution is 5.76. The molecule has 0 amide bonds. The topological polar surface area (TPSA) is 43.1 Å². The molecule has 0 spiro atoms. The van der Waals surface area contributed by atoms with Crippen molar-refractivity contribution in [1.29, 1.82) is 0 Å². The summed E-state index contributed by atoms with van der Waals surface area (Å²) in [7, 11) is 0. The van der Waals surface area contributed by atoms with Gasteiger partial charge in [-0.3, -0.25) is 0 Å². The van der Waals surface area contributed by atoms with Gasteiger partial charge in [0.15, 0.2) is 11.7 Å². The molecule has 0 saturated carbocycles. The molecule has 3 nitrogen and oxygen atoms in total. The minimum Gasteiger partial charge on any atom is -0.440 e. The maximum absolute atomic E-state index is 9.81. The lowest BCUT2D eigenvalue weighted by atomic mass is 10.1. The van der Waals surface area contributed by atoms with Crippen LogP contribution in [-0.4, -0.2) is 10.8 Å². The smallest absolute Gasteiger partial charge is 0.192 e. The Labute approximate surface area is 157 Å². The van der Waals surface area contributed by atoms with Gasteiger partial charge in [-0.05, 0) is 6.92 Å². The number of hydrogen-bond acceptors (Lipinski definition) is 3. The first-order valence-electron chi connectivity index (χ1n) is 9.11. The Morgan fingerprint density at radius 2 is 1.31 bits per heavy atom. The van der Waals surface area contributed by atoms with Crippen molar-refractivity contribution in [1.82, 2.24) is 4.98 Å². The minimum atomic E-state index is 0.255. The molecule has 0 aliphatic heterocycles. The van der Waals surface area contributed by atoms with Gasteiger partial charge in [-0.15, -0.1) is 0 Å². The fraction of sp³-hybridized carbons (Fsp3) is 0.304. The zero-order valence-electron chi connectivity index (χ0n) is 16.5. The van der Waals surface area contributed by atoms with Crippen LogP contribution < -0.4 is 0 Å². The quantitative estimate of drug-likeness (QED) is 0.526. The first-order valence-corrected chi connectivity index (χ1v) is 9.11. The third-order valence-electron chi connectivity index (χ3n) is 3.32. The molecular weight excluding hydrogens is 322 g/mol. The molecule has 2 aromatic carbocycles. The second-order valence-electron chi connectivity index (χ2n) is 5.91. The zero-order chi connectivity index (χ0) is 19.4. The second-order valence-corrected chi connectivity index (χ2v) is 5.91. The largest absolute Gasteiger partial charge is 0.440 e. The number of oxazole rings is 1. The van der Waals surface area contributed by atoms with Crippen molar-refractivity contribution in [2.45, 2.75) is 47.5 Å². The molecule has 26 heavy (non-hydrogen) atoms. The summed E-state index contributed by atoms with van der Waals surface area (Å²) in [4.78, 5) is 14.3. The summed E-state index contributed by atoms with van der Waals surface area (Å²) in [6.45, 7) is 9.56. The highest BCUT2D eigenvalue weighted by Crippen LogP contribution is 2.32. The van der Waals surface area contributed by atoms with Gasteiger partial charge in [0.1, 0.15) is 11.5 Å². The van der Waals surface area contributed by atoms with Gasteiger partial charge >= 0.3 is 0 Å². The zero-order valence-corrected chi connectivity index (χ0v) is 16.5. The first kappa shape index (κ1) is 21.4. The van der Waals surface area contributed by atoms with Gasteiger partial charge in [-0.1, -0.05) is 87.9 Å². The average molecular weight is 351 g/mol. The van der Waals surface area contributed by atoms with Crippen LogP contribution in [0.5, 0.6) is 0 Å². The highest BCUT2D eigenvalue weighted by atomic mass is 16.4. The van der Waals surface area contributed by atoms with Gasteiger partial charge in [0.05, 0.1) is 0 Å². The predicted molar refractivity (Wildman–Crippen MR) is 109 cm³/mol. The number of rotatable bonds is 3. The molecule has 0 atom stereocenters. The number of carbonyl (C=O) groups is 1. The molecule has 138 valence electrons. The van der Waals surface area contributed by atoms with Gasteiger partial charge in [-0.25, -0.2) is 4.98 Å². The van der Waals surface area contributed by atoms with Crippen molar-refractivity contribution >= 4 is 5.78 Å². The number of carbonyl (C=O) groups excluding carboxylic acids is 1. The van der Waals surface area contributed by atoms with Crippen LogP contribution in [0.25, 0.3) is 22.6 Å². The van der Waals surface area contributed by atoms with Gasteiger partial charge in [0.2, 0.25) is 0 Å². The second kappa shape index (κ2) is 11.8. The summed E-state index contributed by atoms with van der Waals surface area (Å²) in [6, 6.07) is 20.2. The van der Waals surface area contributed by atoms with Crippen molar-refractivity contribution in [2.24, 2.45) is 0 Å². The molecule has 1 aromatic heterocycles. The van der Waals surface area contributed by atoms with Crippen molar-refractivity contribution in [3.05, 3.63) is 66.6 Å². The van der Waals surface area contributed by atoms with E-state index in [0.29, 0.717) is 12.3 Å². The van der Waals surface area contributed by atoms with E-state index in [1.165, 1.54) is 6.42 Å². The molecule has 0 N–H and O–H groups in total. The fourth-order valence-corrected chi connectivity index (χ4v) is 2.00. The molecule has 1 heterocycles. The molecule has 0 unspecified atom stereocenters. The number of aryl methyl sites for hydroxylation is 1. The van der Waals surface area contributed by atoms with E-state index in [2.05, 4.69) is 18.8 Å². The van der Waals surface area contributed by atoms with Crippen LogP contribution in [0.1, 0.15) is 46.4 Å². The summed E-state index contributed by atoms with van der Waals surface area (Å²) in [5, 5.41) is 0. The van der Waals surface area contributed by atoms with E-state index in [-0.39, 0.29) is 5.78 Å². The lowest BCUT2D eigenvalue weighted by molar-refractivity contribution is -0.116. The Morgan fingerprint density at radius 3 is 1.73 bits per heavy atom. The Balaban J connectivity index is 0.000000361. The fourth-order valence-electron chi connectivity index (χ4n) is 2.00. The van der Waals surface area contributed by atoms with E-state index in [9.17, 15) is 4.79 Å². The average Bonchev–Trinajstić information content (AvgIpc) is 3.06. The SMILES string of the molecule is CCC.CCC(C)=O.Cc1nc(-c2ccccc2)c(-c2ccccc2)o1. The van der Waals surface area contributed by atoms with E-state index >= 15 is 0 Å². The van der Waals surface area contributed by atoms with Crippen molar-refractivity contribution in [3.63, 3.8) is 0 Å². The molecule has 3 aromatic rings. The van der Waals surface area contributed by atoms with E-state index in [0.717, 1.165) is 22.6 Å². The van der Waals surface area contributed by atoms with Crippen molar-refractivity contribution < 1.29 is 9.21 Å². The Hall–Kier alpha value is -2.68. The maximum Gasteiger partial charge on any atom is 0.192 e. The molecule has 0 saturated heterocycles. The number of benzene rings is 2. The van der Waals surface area contributed by atoms with E-state index in [4.69, 9.17) is 4.42 Å². The predicted octanol–water partition coefficient (Wildman–Crippen LogP) is 6.72. The van der Waals surface area contributed by atoms with Crippen LogP contribution >= 0.6 is 0 Å². The van der Waals surface area contributed by atoms with Crippen LogP contribution in [0.4, 0.5) is 0 Å². The maximum atomic E-state index is 9.81. The Kier molecular flexibility index (Phi) is 9.70. The Bertz CT molecular complexity index is 704. The molecule has 0 bridgehead atoms. The lowest BCUT2D eigenvalue weighted by Gasteiger charge is -2.00. The number of nitrogens with zero attached hydrogens (tertiary/aromatic N) is 1. The van der Waals surface area contributed by atoms with Gasteiger partial charge in [-0.2, -0.15) is 0 Å². The summed E-state index contributed by atoms with van der Waals surface area (Å²) >= 11 is 0. The number of hydrogen-bond donors (Lipinski definition) is 0. The monoisotopic (exact) mass is 351 g/mol. The van der Waals surface area contributed by atoms with E-state index in [1.807, 2.05) is 74.5 Å². The molecule has 3 rings (SSSR count). The third kappa shape index (κ3) is 7.06. The number of aromatic nitrogens is 1. The highest BCUT2D eigenvalue weighted by Gasteiger charge is 2.14. The normalized spacial score (nSPS) is 9.42. The van der Waals surface area contributed by atoms with Crippen molar-refractivity contribution in [2.75, 3.05) is 0 Å². The van der Waals surface area contributed by atoms with Crippen LogP contribution in [-0.2, 0) is 4.79 Å². The van der Waals surface area contributed by atoms with Crippen LogP contribution in [0.3, 0.4) is 0 Å². The summed E-state index contributed by atoms with van der Waals surface area (Å²) in [5.41, 5.74) is 3.03. The van der Waals surface area contributed by atoms with Crippen LogP contribution in [0, 0.1) is 6.92 Å². The molecule has 0 aliphatic rings. The minimum absolute atomic E-state index is 0.255. The molecule has 0 aliphatic carbocycles. The number of ketones is 1. The van der Waals surface area contributed by atoms with Gasteiger partial charge < -0.3 is 9.21 Å². The Morgan fingerprint density at radius 1 is 0.885 bits per heavy atom. The molecular formula is C23H29NO2. The van der Waals surface area contributed by atoms with E-state index < -0.39 is 0 Å². The first-order chi connectivity index (χ1) is 12.5. The summed E-state index contributed by atoms with van der Waals surface area (Å²) < 4.78 is 5.74. The van der Waals surface area contributed by atoms with Gasteiger partial charge in [0, 0.05) is 24.5 Å². The summed E-state index contributed by atoms with van der Waals surface area (Å²) in [6.07, 6.45) is 1.92. The lowest BCUT2D eigenvalue weighted by Crippen LogP contribution is -1.81. The summed E-state index contributed by atoms with van der Waals surface area (Å²) in [5.74, 6) is 1.78.